The minimum absolute atomic E-state index is 0.369. The molecule has 1 radical (unpaired) electrons. The maximum Gasteiger partial charge on any atom is 0.0862 e. The van der Waals surface area contributed by atoms with Gasteiger partial charge in [0.1, 0.15) is 0 Å². The second-order valence-electron chi connectivity index (χ2n) is 2.58. The van der Waals surface area contributed by atoms with Crippen LogP contribution >= 0.6 is 0 Å². The van der Waals surface area contributed by atoms with Gasteiger partial charge in [-0.05, 0) is 13.0 Å². The van der Waals surface area contributed by atoms with Crippen molar-refractivity contribution in [3.63, 3.8) is 0 Å². The summed E-state index contributed by atoms with van der Waals surface area (Å²) >= 11 is 0. The van der Waals surface area contributed by atoms with E-state index in [9.17, 15) is 0 Å². The van der Waals surface area contributed by atoms with Gasteiger partial charge in [0, 0.05) is 19.6 Å². The van der Waals surface area contributed by atoms with E-state index in [1.807, 2.05) is 0 Å². The molecular formula is C7H16N3. The van der Waals surface area contributed by atoms with Crippen LogP contribution in [0.4, 0.5) is 0 Å². The zero-order chi connectivity index (χ0) is 7.23. The first-order chi connectivity index (χ1) is 4.93. The van der Waals surface area contributed by atoms with Gasteiger partial charge in [0.05, 0.1) is 6.17 Å². The van der Waals surface area contributed by atoms with Gasteiger partial charge in [0.15, 0.2) is 0 Å². The van der Waals surface area contributed by atoms with Crippen molar-refractivity contribution in [2.75, 3.05) is 26.2 Å². The molecule has 0 saturated carbocycles. The Morgan fingerprint density at radius 2 is 2.60 bits per heavy atom. The summed E-state index contributed by atoms with van der Waals surface area (Å²) in [6.45, 7) is 6.25. The van der Waals surface area contributed by atoms with Crippen molar-refractivity contribution >= 4 is 0 Å². The van der Waals surface area contributed by atoms with Crippen LogP contribution < -0.4 is 16.0 Å². The summed E-state index contributed by atoms with van der Waals surface area (Å²) in [5, 5.41) is 11.0. The highest BCUT2D eigenvalue weighted by Crippen LogP contribution is 1.84. The van der Waals surface area contributed by atoms with Gasteiger partial charge in [0.2, 0.25) is 0 Å². The Morgan fingerprint density at radius 1 is 1.70 bits per heavy atom. The monoisotopic (exact) mass is 142 g/mol. The summed E-state index contributed by atoms with van der Waals surface area (Å²) in [6, 6.07) is 0. The van der Waals surface area contributed by atoms with Crippen LogP contribution in [0.3, 0.4) is 0 Å². The second kappa shape index (κ2) is 4.66. The summed E-state index contributed by atoms with van der Waals surface area (Å²) in [5.74, 6) is 0. The molecule has 1 aliphatic rings. The summed E-state index contributed by atoms with van der Waals surface area (Å²) in [6.07, 6.45) is 1.56. The van der Waals surface area contributed by atoms with Crippen LogP contribution in [0.15, 0.2) is 0 Å². The maximum atomic E-state index is 4.39. The molecule has 1 fully saturated rings. The quantitative estimate of drug-likeness (QED) is 0.558. The predicted molar refractivity (Wildman–Crippen MR) is 42.0 cm³/mol. The Hall–Kier alpha value is -0.120. The highest BCUT2D eigenvalue weighted by Gasteiger charge is 2.10. The molecule has 1 rings (SSSR count). The van der Waals surface area contributed by atoms with E-state index >= 15 is 0 Å². The summed E-state index contributed by atoms with van der Waals surface area (Å²) in [4.78, 5) is 0. The maximum absolute atomic E-state index is 4.39. The average Bonchev–Trinajstić information content (AvgIpc) is 2.03. The zero-order valence-electron chi connectivity index (χ0n) is 6.56. The van der Waals surface area contributed by atoms with Crippen LogP contribution in [0.2, 0.25) is 0 Å². The minimum atomic E-state index is 0.369. The van der Waals surface area contributed by atoms with Crippen LogP contribution in [0.25, 0.3) is 0 Å². The van der Waals surface area contributed by atoms with E-state index in [0.717, 1.165) is 26.2 Å². The number of rotatable bonds is 3. The molecule has 10 heavy (non-hydrogen) atoms. The molecule has 3 nitrogen and oxygen atoms in total. The minimum Gasteiger partial charge on any atom is -0.312 e. The molecule has 2 N–H and O–H groups in total. The summed E-state index contributed by atoms with van der Waals surface area (Å²) < 4.78 is 0. The molecule has 59 valence electrons. The molecule has 0 aromatic rings. The van der Waals surface area contributed by atoms with Crippen molar-refractivity contribution in [2.45, 2.75) is 19.5 Å². The van der Waals surface area contributed by atoms with Gasteiger partial charge in [0.25, 0.3) is 0 Å². The molecule has 3 heteroatoms. The lowest BCUT2D eigenvalue weighted by Gasteiger charge is -2.23. The van der Waals surface area contributed by atoms with Crippen molar-refractivity contribution in [2.24, 2.45) is 0 Å². The molecule has 0 spiro atoms. The van der Waals surface area contributed by atoms with E-state index in [4.69, 9.17) is 0 Å². The normalized spacial score (nSPS) is 26.7. The first-order valence-electron chi connectivity index (χ1n) is 4.04. The third kappa shape index (κ3) is 2.64. The number of piperazine rings is 1. The third-order valence-corrected chi connectivity index (χ3v) is 1.61. The van der Waals surface area contributed by atoms with Gasteiger partial charge in [-0.15, -0.1) is 0 Å². The molecule has 1 unspecified atom stereocenters. The largest absolute Gasteiger partial charge is 0.312 e. The Kier molecular flexibility index (Phi) is 3.72. The van der Waals surface area contributed by atoms with Crippen molar-refractivity contribution in [1.29, 1.82) is 0 Å². The van der Waals surface area contributed by atoms with Crippen molar-refractivity contribution in [3.05, 3.63) is 0 Å². The van der Waals surface area contributed by atoms with Crippen LogP contribution in [0.1, 0.15) is 13.3 Å². The van der Waals surface area contributed by atoms with Crippen molar-refractivity contribution < 1.29 is 0 Å². The van der Waals surface area contributed by atoms with Crippen LogP contribution in [-0.2, 0) is 0 Å². The molecular weight excluding hydrogens is 126 g/mol. The highest BCUT2D eigenvalue weighted by atomic mass is 15.2. The highest BCUT2D eigenvalue weighted by molar-refractivity contribution is 4.71. The zero-order valence-corrected chi connectivity index (χ0v) is 6.56. The van der Waals surface area contributed by atoms with E-state index in [2.05, 4.69) is 22.9 Å². The molecule has 0 aliphatic carbocycles. The second-order valence-corrected chi connectivity index (χ2v) is 2.58. The van der Waals surface area contributed by atoms with Gasteiger partial charge in [-0.1, -0.05) is 6.92 Å². The lowest BCUT2D eigenvalue weighted by molar-refractivity contribution is 0.354. The lowest BCUT2D eigenvalue weighted by Crippen LogP contribution is -2.51. The molecule has 1 atom stereocenters. The first-order valence-corrected chi connectivity index (χ1v) is 4.04. The predicted octanol–water partition coefficient (Wildman–Crippen LogP) is -0.480. The number of hydrogen-bond acceptors (Lipinski definition) is 2. The fraction of sp³-hybridized carbons (Fsp3) is 1.00. The molecule has 0 aromatic heterocycles. The SMILES string of the molecule is CCCNC1CNCC[N]1. The van der Waals surface area contributed by atoms with Crippen molar-refractivity contribution in [3.8, 4) is 0 Å². The molecule has 1 heterocycles. The van der Waals surface area contributed by atoms with E-state index < -0.39 is 0 Å². The molecule has 0 aromatic carbocycles. The van der Waals surface area contributed by atoms with E-state index in [1.165, 1.54) is 6.42 Å². The van der Waals surface area contributed by atoms with Gasteiger partial charge in [-0.25, -0.2) is 5.32 Å². The first kappa shape index (κ1) is 7.98. The van der Waals surface area contributed by atoms with Gasteiger partial charge in [-0.2, -0.15) is 0 Å². The fourth-order valence-electron chi connectivity index (χ4n) is 1.05. The standard InChI is InChI=1S/C7H16N3/c1-2-3-9-7-6-8-4-5-10-7/h7-9H,2-6H2,1H3. The van der Waals surface area contributed by atoms with Gasteiger partial charge < -0.3 is 5.32 Å². The number of nitrogens with zero attached hydrogens (tertiary/aromatic N) is 1. The van der Waals surface area contributed by atoms with E-state index in [1.54, 1.807) is 0 Å². The Morgan fingerprint density at radius 3 is 3.20 bits per heavy atom. The van der Waals surface area contributed by atoms with Crippen molar-refractivity contribution in [1.82, 2.24) is 16.0 Å². The Labute approximate surface area is 62.6 Å². The van der Waals surface area contributed by atoms with Crippen LogP contribution in [0.5, 0.6) is 0 Å². The fourth-order valence-corrected chi connectivity index (χ4v) is 1.05. The third-order valence-electron chi connectivity index (χ3n) is 1.61. The van der Waals surface area contributed by atoms with Crippen LogP contribution in [-0.4, -0.2) is 32.3 Å². The molecule has 1 saturated heterocycles. The molecule has 1 aliphatic heterocycles. The van der Waals surface area contributed by atoms with Gasteiger partial charge in [-0.3, -0.25) is 5.32 Å². The Balaban J connectivity index is 2.02. The lowest BCUT2D eigenvalue weighted by atomic mass is 10.3. The number of hydrogen-bond donors (Lipinski definition) is 2. The van der Waals surface area contributed by atoms with Gasteiger partial charge >= 0.3 is 0 Å². The Bertz CT molecular complexity index is 78.9. The molecule has 0 bridgehead atoms. The number of nitrogens with one attached hydrogen (secondary N) is 2. The van der Waals surface area contributed by atoms with E-state index in [-0.39, 0.29) is 0 Å². The van der Waals surface area contributed by atoms with Crippen LogP contribution in [0, 0.1) is 0 Å². The topological polar surface area (TPSA) is 38.2 Å². The smallest absolute Gasteiger partial charge is 0.0862 e. The summed E-state index contributed by atoms with van der Waals surface area (Å²) in [7, 11) is 0. The average molecular weight is 142 g/mol. The molecule has 0 amide bonds. The summed E-state index contributed by atoms with van der Waals surface area (Å²) in [5.41, 5.74) is 0. The van der Waals surface area contributed by atoms with E-state index in [0.29, 0.717) is 6.17 Å².